The maximum atomic E-state index is 12.9. The standard InChI is InChI=1S/C21H23N3O3S/c1-13-11-17(14(2)27-13)18-12-28-20(22-18)23-21(25)24-10-4-5-19(24)15-6-8-16(26-3)9-7-15/h6-9,11-12,19H,4-5,10H2,1-3H3,(H,22,23,25)/t19-/m0/s1. The molecule has 2 aromatic heterocycles. The highest BCUT2D eigenvalue weighted by Crippen LogP contribution is 2.34. The lowest BCUT2D eigenvalue weighted by atomic mass is 10.0. The summed E-state index contributed by atoms with van der Waals surface area (Å²) in [6.45, 7) is 4.57. The first kappa shape index (κ1) is 18.6. The topological polar surface area (TPSA) is 67.6 Å². The number of hydrogen-bond donors (Lipinski definition) is 1. The molecule has 3 heterocycles. The highest BCUT2D eigenvalue weighted by Gasteiger charge is 2.30. The van der Waals surface area contributed by atoms with Crippen LogP contribution in [0.4, 0.5) is 9.93 Å². The van der Waals surface area contributed by atoms with Crippen LogP contribution in [0.25, 0.3) is 11.3 Å². The van der Waals surface area contributed by atoms with Gasteiger partial charge in [-0.05, 0) is 50.5 Å². The number of carbonyl (C=O) groups excluding carboxylic acids is 1. The van der Waals surface area contributed by atoms with Crippen LogP contribution in [0.5, 0.6) is 5.75 Å². The number of benzene rings is 1. The Hall–Kier alpha value is -2.80. The molecule has 1 saturated heterocycles. The third-order valence-corrected chi connectivity index (χ3v) is 5.81. The van der Waals surface area contributed by atoms with Gasteiger partial charge in [-0.15, -0.1) is 11.3 Å². The van der Waals surface area contributed by atoms with Gasteiger partial charge in [-0.25, -0.2) is 9.78 Å². The number of thiazole rings is 1. The van der Waals surface area contributed by atoms with Gasteiger partial charge in [0.15, 0.2) is 5.13 Å². The molecule has 28 heavy (non-hydrogen) atoms. The Morgan fingerprint density at radius 3 is 2.79 bits per heavy atom. The number of rotatable bonds is 4. The summed E-state index contributed by atoms with van der Waals surface area (Å²) in [4.78, 5) is 19.3. The van der Waals surface area contributed by atoms with E-state index in [1.54, 1.807) is 7.11 Å². The van der Waals surface area contributed by atoms with Crippen LogP contribution in [-0.4, -0.2) is 29.6 Å². The molecule has 0 bridgehead atoms. The summed E-state index contributed by atoms with van der Waals surface area (Å²) in [6, 6.07) is 9.86. The molecule has 1 fully saturated rings. The number of urea groups is 1. The predicted octanol–water partition coefficient (Wildman–Crippen LogP) is 5.40. The molecule has 1 N–H and O–H groups in total. The van der Waals surface area contributed by atoms with Crippen molar-refractivity contribution in [2.45, 2.75) is 32.7 Å². The lowest BCUT2D eigenvalue weighted by Crippen LogP contribution is -2.34. The molecule has 3 aromatic rings. The minimum atomic E-state index is -0.112. The van der Waals surface area contributed by atoms with Gasteiger partial charge in [0.2, 0.25) is 0 Å². The lowest BCUT2D eigenvalue weighted by molar-refractivity contribution is 0.207. The minimum absolute atomic E-state index is 0.0732. The van der Waals surface area contributed by atoms with Crippen molar-refractivity contribution in [3.8, 4) is 17.0 Å². The first-order valence-corrected chi connectivity index (χ1v) is 10.2. The SMILES string of the molecule is COc1ccc([C@@H]2CCCN2C(=O)Nc2nc(-c3cc(C)oc3C)cs2)cc1. The summed E-state index contributed by atoms with van der Waals surface area (Å²) in [5.74, 6) is 2.50. The normalized spacial score (nSPS) is 16.4. The summed E-state index contributed by atoms with van der Waals surface area (Å²) in [5.41, 5.74) is 2.91. The van der Waals surface area contributed by atoms with E-state index < -0.39 is 0 Å². The van der Waals surface area contributed by atoms with Crippen LogP contribution in [0.2, 0.25) is 0 Å². The number of methoxy groups -OCH3 is 1. The number of anilines is 1. The second-order valence-electron chi connectivity index (χ2n) is 6.92. The van der Waals surface area contributed by atoms with E-state index in [0.717, 1.165) is 53.5 Å². The summed E-state index contributed by atoms with van der Waals surface area (Å²) in [5, 5.41) is 5.50. The molecule has 1 atom stereocenters. The van der Waals surface area contributed by atoms with E-state index in [-0.39, 0.29) is 12.1 Å². The van der Waals surface area contributed by atoms with Gasteiger partial charge in [-0.1, -0.05) is 12.1 Å². The molecule has 0 unspecified atom stereocenters. The third-order valence-electron chi connectivity index (χ3n) is 5.05. The van der Waals surface area contributed by atoms with Gasteiger partial charge in [0.1, 0.15) is 17.3 Å². The Kier molecular flexibility index (Phi) is 5.09. The highest BCUT2D eigenvalue weighted by molar-refractivity contribution is 7.14. The lowest BCUT2D eigenvalue weighted by Gasteiger charge is -2.25. The zero-order valence-corrected chi connectivity index (χ0v) is 17.0. The van der Waals surface area contributed by atoms with Crippen molar-refractivity contribution in [2.24, 2.45) is 0 Å². The Morgan fingerprint density at radius 2 is 2.11 bits per heavy atom. The van der Waals surface area contributed by atoms with Crippen LogP contribution in [0.1, 0.15) is 36.0 Å². The average Bonchev–Trinajstić information content (AvgIpc) is 3.41. The number of hydrogen-bond acceptors (Lipinski definition) is 5. The zero-order chi connectivity index (χ0) is 19.7. The van der Waals surface area contributed by atoms with Crippen molar-refractivity contribution in [1.29, 1.82) is 0 Å². The Morgan fingerprint density at radius 1 is 1.32 bits per heavy atom. The number of furan rings is 1. The van der Waals surface area contributed by atoms with E-state index in [1.165, 1.54) is 11.3 Å². The van der Waals surface area contributed by atoms with Crippen molar-refractivity contribution in [3.63, 3.8) is 0 Å². The molecule has 146 valence electrons. The van der Waals surface area contributed by atoms with Gasteiger partial charge in [0, 0.05) is 17.5 Å². The fourth-order valence-corrected chi connectivity index (χ4v) is 4.39. The number of carbonyl (C=O) groups is 1. The molecule has 2 amide bonds. The summed E-state index contributed by atoms with van der Waals surface area (Å²) < 4.78 is 10.8. The van der Waals surface area contributed by atoms with Crippen LogP contribution >= 0.6 is 11.3 Å². The van der Waals surface area contributed by atoms with Gasteiger partial charge < -0.3 is 14.1 Å². The van der Waals surface area contributed by atoms with Crippen molar-refractivity contribution >= 4 is 22.5 Å². The quantitative estimate of drug-likeness (QED) is 0.640. The molecule has 0 spiro atoms. The monoisotopic (exact) mass is 397 g/mol. The number of aromatic nitrogens is 1. The van der Waals surface area contributed by atoms with Crippen molar-refractivity contribution in [1.82, 2.24) is 9.88 Å². The van der Waals surface area contributed by atoms with E-state index in [4.69, 9.17) is 9.15 Å². The maximum absolute atomic E-state index is 12.9. The molecule has 0 aliphatic carbocycles. The summed E-state index contributed by atoms with van der Waals surface area (Å²) >= 11 is 1.42. The maximum Gasteiger partial charge on any atom is 0.324 e. The van der Waals surface area contributed by atoms with E-state index in [9.17, 15) is 4.79 Å². The molecular formula is C21H23N3O3S. The van der Waals surface area contributed by atoms with Crippen LogP contribution in [0.3, 0.4) is 0 Å². The minimum Gasteiger partial charge on any atom is -0.497 e. The van der Waals surface area contributed by atoms with Crippen molar-refractivity contribution in [3.05, 3.63) is 52.8 Å². The number of ether oxygens (including phenoxy) is 1. The summed E-state index contributed by atoms with van der Waals surface area (Å²) in [6.07, 6.45) is 1.94. The van der Waals surface area contributed by atoms with Crippen LogP contribution < -0.4 is 10.1 Å². The smallest absolute Gasteiger partial charge is 0.324 e. The molecule has 6 nitrogen and oxygen atoms in total. The van der Waals surface area contributed by atoms with Gasteiger partial charge in [-0.3, -0.25) is 5.32 Å². The number of nitrogens with one attached hydrogen (secondary N) is 1. The van der Waals surface area contributed by atoms with Crippen LogP contribution in [0.15, 0.2) is 40.1 Å². The fourth-order valence-electron chi connectivity index (χ4n) is 3.69. The van der Waals surface area contributed by atoms with Gasteiger partial charge >= 0.3 is 6.03 Å². The largest absolute Gasteiger partial charge is 0.497 e. The molecule has 0 radical (unpaired) electrons. The zero-order valence-electron chi connectivity index (χ0n) is 16.2. The highest BCUT2D eigenvalue weighted by atomic mass is 32.1. The fraction of sp³-hybridized carbons (Fsp3) is 0.333. The number of likely N-dealkylation sites (tertiary alicyclic amines) is 1. The van der Waals surface area contributed by atoms with E-state index in [0.29, 0.717) is 5.13 Å². The van der Waals surface area contributed by atoms with E-state index in [2.05, 4.69) is 10.3 Å². The predicted molar refractivity (Wildman–Crippen MR) is 110 cm³/mol. The third kappa shape index (κ3) is 3.62. The van der Waals surface area contributed by atoms with Crippen LogP contribution in [-0.2, 0) is 0 Å². The Bertz CT molecular complexity index is 977. The second kappa shape index (κ2) is 7.67. The average molecular weight is 398 g/mol. The number of nitrogens with zero attached hydrogens (tertiary/aromatic N) is 2. The molecule has 1 aromatic carbocycles. The van der Waals surface area contributed by atoms with Gasteiger partial charge in [0.25, 0.3) is 0 Å². The summed E-state index contributed by atoms with van der Waals surface area (Å²) in [7, 11) is 1.65. The Balaban J connectivity index is 1.47. The van der Waals surface area contributed by atoms with Crippen molar-refractivity contribution < 1.29 is 13.9 Å². The first-order chi connectivity index (χ1) is 13.5. The first-order valence-electron chi connectivity index (χ1n) is 9.29. The molecule has 7 heteroatoms. The number of aryl methyl sites for hydroxylation is 2. The van der Waals surface area contributed by atoms with Gasteiger partial charge in [0.05, 0.1) is 18.8 Å². The second-order valence-corrected chi connectivity index (χ2v) is 7.78. The number of amides is 2. The van der Waals surface area contributed by atoms with Crippen LogP contribution in [0, 0.1) is 13.8 Å². The molecule has 1 aliphatic heterocycles. The van der Waals surface area contributed by atoms with E-state index >= 15 is 0 Å². The Labute approximate surface area is 168 Å². The molecule has 0 saturated carbocycles. The molecular weight excluding hydrogens is 374 g/mol. The van der Waals surface area contributed by atoms with Crippen molar-refractivity contribution in [2.75, 3.05) is 19.0 Å². The van der Waals surface area contributed by atoms with Gasteiger partial charge in [-0.2, -0.15) is 0 Å². The molecule has 4 rings (SSSR count). The molecule has 1 aliphatic rings. The van der Waals surface area contributed by atoms with E-state index in [1.807, 2.05) is 54.5 Å².